The zero-order valence-corrected chi connectivity index (χ0v) is 10.8. The van der Waals surface area contributed by atoms with E-state index in [0.717, 1.165) is 18.4 Å². The first-order valence-electron chi connectivity index (χ1n) is 6.44. The Morgan fingerprint density at radius 2 is 1.89 bits per heavy atom. The van der Waals surface area contributed by atoms with Crippen LogP contribution in [0.1, 0.15) is 31.7 Å². The van der Waals surface area contributed by atoms with Crippen molar-refractivity contribution >= 4 is 11.6 Å². The Hall–Kier alpha value is -1.48. The normalized spacial score (nSPS) is 18.1. The van der Waals surface area contributed by atoms with E-state index in [1.54, 1.807) is 6.92 Å². The van der Waals surface area contributed by atoms with Gasteiger partial charge < -0.3 is 5.73 Å². The lowest BCUT2D eigenvalue weighted by molar-refractivity contribution is -0.402. The maximum atomic E-state index is 12.1. The first kappa shape index (κ1) is 13.0. The van der Waals surface area contributed by atoms with Gasteiger partial charge in [0.15, 0.2) is 5.78 Å². The fraction of sp³-hybridized carbons (Fsp3) is 0.467. The summed E-state index contributed by atoms with van der Waals surface area (Å²) in [6.45, 7) is 1.59. The quantitative estimate of drug-likeness (QED) is 0.819. The van der Waals surface area contributed by atoms with Crippen molar-refractivity contribution in [2.45, 2.75) is 38.6 Å². The van der Waals surface area contributed by atoms with E-state index in [0.29, 0.717) is 12.8 Å². The fourth-order valence-corrected chi connectivity index (χ4v) is 2.29. The summed E-state index contributed by atoms with van der Waals surface area (Å²) in [6, 6.07) is 9.64. The van der Waals surface area contributed by atoms with Gasteiger partial charge in [0.25, 0.3) is 0 Å². The monoisotopic (exact) mass is 246 g/mol. The molecule has 3 N–H and O–H groups in total. The van der Waals surface area contributed by atoms with Gasteiger partial charge in [0.2, 0.25) is 0 Å². The molecule has 1 aliphatic rings. The highest BCUT2D eigenvalue weighted by Crippen LogP contribution is 2.49. The number of hydrogen-bond donors (Lipinski definition) is 1. The SMILES string of the molecule is CC(=O)C1(CC(=O)[C@@H]([NH3+])Cc2ccccc2)CC1. The Kier molecular flexibility index (Phi) is 3.62. The molecule has 2 rings (SSSR count). The van der Waals surface area contributed by atoms with E-state index in [-0.39, 0.29) is 23.0 Å². The Morgan fingerprint density at radius 1 is 1.28 bits per heavy atom. The number of quaternary nitrogens is 1. The van der Waals surface area contributed by atoms with Crippen molar-refractivity contribution in [3.63, 3.8) is 0 Å². The van der Waals surface area contributed by atoms with Crippen LogP contribution in [0.5, 0.6) is 0 Å². The minimum atomic E-state index is -0.330. The number of benzene rings is 1. The molecule has 0 aliphatic heterocycles. The van der Waals surface area contributed by atoms with Gasteiger partial charge in [-0.15, -0.1) is 0 Å². The second-order valence-electron chi connectivity index (χ2n) is 5.37. The van der Waals surface area contributed by atoms with Crippen molar-refractivity contribution in [1.29, 1.82) is 0 Å². The lowest BCUT2D eigenvalue weighted by Gasteiger charge is -2.13. The number of rotatable bonds is 6. The third kappa shape index (κ3) is 2.85. The number of carbonyl (C=O) groups excluding carboxylic acids is 2. The standard InChI is InChI=1S/C15H19NO2/c1-11(17)15(7-8-15)10-14(18)13(16)9-12-5-3-2-4-6-12/h2-6,13H,7-10,16H2,1H3/p+1/t13-/m0/s1. The lowest BCUT2D eigenvalue weighted by Crippen LogP contribution is -2.66. The predicted molar refractivity (Wildman–Crippen MR) is 68.8 cm³/mol. The van der Waals surface area contributed by atoms with Crippen LogP contribution in [-0.4, -0.2) is 17.6 Å². The lowest BCUT2D eigenvalue weighted by atomic mass is 9.91. The van der Waals surface area contributed by atoms with Gasteiger partial charge in [-0.25, -0.2) is 0 Å². The minimum absolute atomic E-state index is 0.117. The van der Waals surface area contributed by atoms with E-state index in [4.69, 9.17) is 0 Å². The van der Waals surface area contributed by atoms with Gasteiger partial charge in [-0.3, -0.25) is 9.59 Å². The molecule has 0 bridgehead atoms. The molecule has 1 saturated carbocycles. The Morgan fingerprint density at radius 3 is 2.39 bits per heavy atom. The highest BCUT2D eigenvalue weighted by atomic mass is 16.1. The zero-order chi connectivity index (χ0) is 13.2. The molecule has 1 fully saturated rings. The van der Waals surface area contributed by atoms with Crippen LogP contribution >= 0.6 is 0 Å². The van der Waals surface area contributed by atoms with Crippen molar-refractivity contribution in [3.05, 3.63) is 35.9 Å². The molecule has 0 unspecified atom stereocenters. The van der Waals surface area contributed by atoms with Crippen molar-refractivity contribution in [2.75, 3.05) is 0 Å². The average Bonchev–Trinajstić information content (AvgIpc) is 3.11. The van der Waals surface area contributed by atoms with Gasteiger partial charge in [0, 0.05) is 18.3 Å². The molecular formula is C15H20NO2+. The Balaban J connectivity index is 1.92. The van der Waals surface area contributed by atoms with E-state index >= 15 is 0 Å². The van der Waals surface area contributed by atoms with Crippen LogP contribution in [0.2, 0.25) is 0 Å². The minimum Gasteiger partial charge on any atom is -0.349 e. The maximum absolute atomic E-state index is 12.1. The molecule has 0 saturated heterocycles. The molecule has 1 aliphatic carbocycles. The molecule has 0 amide bonds. The molecule has 0 radical (unpaired) electrons. The van der Waals surface area contributed by atoms with Crippen LogP contribution < -0.4 is 5.73 Å². The van der Waals surface area contributed by atoms with Crippen molar-refractivity contribution in [2.24, 2.45) is 5.41 Å². The summed E-state index contributed by atoms with van der Waals surface area (Å²) in [6.07, 6.45) is 2.77. The van der Waals surface area contributed by atoms with Gasteiger partial charge in [-0.2, -0.15) is 0 Å². The zero-order valence-electron chi connectivity index (χ0n) is 10.8. The van der Waals surface area contributed by atoms with Crippen LogP contribution in [0.15, 0.2) is 30.3 Å². The summed E-state index contributed by atoms with van der Waals surface area (Å²) in [5.74, 6) is 0.273. The van der Waals surface area contributed by atoms with Gasteiger partial charge in [-0.1, -0.05) is 30.3 Å². The third-order valence-corrected chi connectivity index (χ3v) is 3.89. The Bertz CT molecular complexity index is 449. The largest absolute Gasteiger partial charge is 0.349 e. The summed E-state index contributed by atoms with van der Waals surface area (Å²) in [5.41, 5.74) is 4.74. The van der Waals surface area contributed by atoms with Crippen molar-refractivity contribution in [1.82, 2.24) is 0 Å². The second-order valence-corrected chi connectivity index (χ2v) is 5.37. The summed E-state index contributed by atoms with van der Waals surface area (Å²) in [7, 11) is 0. The van der Waals surface area contributed by atoms with Gasteiger partial charge in [-0.05, 0) is 25.3 Å². The number of ketones is 2. The van der Waals surface area contributed by atoms with Crippen LogP contribution in [0.3, 0.4) is 0 Å². The van der Waals surface area contributed by atoms with E-state index in [9.17, 15) is 9.59 Å². The van der Waals surface area contributed by atoms with E-state index in [1.807, 2.05) is 30.3 Å². The average molecular weight is 246 g/mol. The molecular weight excluding hydrogens is 226 g/mol. The van der Waals surface area contributed by atoms with E-state index < -0.39 is 0 Å². The smallest absolute Gasteiger partial charge is 0.191 e. The predicted octanol–water partition coefficient (Wildman–Crippen LogP) is 1.17. The maximum Gasteiger partial charge on any atom is 0.191 e. The van der Waals surface area contributed by atoms with Crippen molar-refractivity contribution < 1.29 is 15.3 Å². The molecule has 1 aromatic rings. The molecule has 18 heavy (non-hydrogen) atoms. The summed E-state index contributed by atoms with van der Waals surface area (Å²) in [5, 5.41) is 0. The third-order valence-electron chi connectivity index (χ3n) is 3.89. The topological polar surface area (TPSA) is 61.8 Å². The molecule has 0 spiro atoms. The molecule has 96 valence electrons. The van der Waals surface area contributed by atoms with Gasteiger partial charge >= 0.3 is 0 Å². The van der Waals surface area contributed by atoms with Crippen LogP contribution in [0.25, 0.3) is 0 Å². The van der Waals surface area contributed by atoms with Gasteiger partial charge in [0.05, 0.1) is 0 Å². The molecule has 3 nitrogen and oxygen atoms in total. The van der Waals surface area contributed by atoms with E-state index in [2.05, 4.69) is 5.73 Å². The number of carbonyl (C=O) groups is 2. The summed E-state index contributed by atoms with van der Waals surface area (Å²) < 4.78 is 0. The summed E-state index contributed by atoms with van der Waals surface area (Å²) in [4.78, 5) is 23.6. The second kappa shape index (κ2) is 5.02. The summed E-state index contributed by atoms with van der Waals surface area (Å²) >= 11 is 0. The first-order chi connectivity index (χ1) is 8.53. The number of hydrogen-bond acceptors (Lipinski definition) is 2. The first-order valence-corrected chi connectivity index (χ1v) is 6.44. The van der Waals surface area contributed by atoms with Crippen LogP contribution in [-0.2, 0) is 16.0 Å². The fourth-order valence-electron chi connectivity index (χ4n) is 2.29. The van der Waals surface area contributed by atoms with E-state index in [1.165, 1.54) is 0 Å². The highest BCUT2D eigenvalue weighted by Gasteiger charge is 2.49. The number of Topliss-reactive ketones (excluding diaryl/α,β-unsaturated/α-hetero) is 2. The van der Waals surface area contributed by atoms with Crippen LogP contribution in [0, 0.1) is 5.41 Å². The Labute approximate surface area is 107 Å². The molecule has 0 aromatic heterocycles. The molecule has 1 aromatic carbocycles. The molecule has 0 heterocycles. The van der Waals surface area contributed by atoms with Crippen molar-refractivity contribution in [3.8, 4) is 0 Å². The molecule has 3 heteroatoms. The van der Waals surface area contributed by atoms with Gasteiger partial charge in [0.1, 0.15) is 11.8 Å². The van der Waals surface area contributed by atoms with Crippen LogP contribution in [0.4, 0.5) is 0 Å². The molecule has 1 atom stereocenters. The highest BCUT2D eigenvalue weighted by molar-refractivity contribution is 5.93.